The Hall–Kier alpha value is -3.32. The van der Waals surface area contributed by atoms with Crippen molar-refractivity contribution < 1.29 is 17.9 Å². The molecule has 7 heteroatoms. The zero-order valence-electron chi connectivity index (χ0n) is 17.0. The van der Waals surface area contributed by atoms with Crippen molar-refractivity contribution in [1.82, 2.24) is 5.32 Å². The van der Waals surface area contributed by atoms with Crippen molar-refractivity contribution in [3.63, 3.8) is 0 Å². The van der Waals surface area contributed by atoms with Crippen LogP contribution in [0.2, 0.25) is 0 Å². The molecule has 0 unspecified atom stereocenters. The summed E-state index contributed by atoms with van der Waals surface area (Å²) < 4.78 is 34.1. The number of hydrogen-bond acceptors (Lipinski definition) is 4. The fraction of sp³-hybridized carbons (Fsp3) is 0.174. The first kappa shape index (κ1) is 21.4. The molecule has 0 aliphatic heterocycles. The van der Waals surface area contributed by atoms with Crippen LogP contribution < -0.4 is 14.8 Å². The average molecular weight is 425 g/mol. The summed E-state index contributed by atoms with van der Waals surface area (Å²) in [6, 6.07) is 20.8. The van der Waals surface area contributed by atoms with Gasteiger partial charge in [-0.2, -0.15) is 0 Å². The Kier molecular flexibility index (Phi) is 6.42. The van der Waals surface area contributed by atoms with E-state index in [9.17, 15) is 13.2 Å². The molecule has 0 spiro atoms. The van der Waals surface area contributed by atoms with Gasteiger partial charge in [-0.25, -0.2) is 8.42 Å². The highest BCUT2D eigenvalue weighted by Gasteiger charge is 2.21. The van der Waals surface area contributed by atoms with E-state index in [2.05, 4.69) is 10.0 Å². The van der Waals surface area contributed by atoms with Gasteiger partial charge in [0.05, 0.1) is 23.3 Å². The molecule has 0 saturated carbocycles. The van der Waals surface area contributed by atoms with Crippen molar-refractivity contribution in [3.05, 3.63) is 78.4 Å². The first-order valence-electron chi connectivity index (χ1n) is 9.48. The van der Waals surface area contributed by atoms with Gasteiger partial charge in [0.1, 0.15) is 5.75 Å². The molecule has 0 fully saturated rings. The summed E-state index contributed by atoms with van der Waals surface area (Å²) in [4.78, 5) is 12.5. The maximum atomic E-state index is 13.1. The number of nitrogens with one attached hydrogen (secondary N) is 2. The molecule has 30 heavy (non-hydrogen) atoms. The monoisotopic (exact) mass is 424 g/mol. The van der Waals surface area contributed by atoms with Gasteiger partial charge in [-0.15, -0.1) is 0 Å². The zero-order valence-corrected chi connectivity index (χ0v) is 17.9. The van der Waals surface area contributed by atoms with Crippen LogP contribution in [0.1, 0.15) is 24.2 Å². The van der Waals surface area contributed by atoms with Crippen LogP contribution in [-0.2, 0) is 10.0 Å². The number of methoxy groups -OCH3 is 1. The van der Waals surface area contributed by atoms with E-state index in [1.165, 1.54) is 25.3 Å². The quantitative estimate of drug-likeness (QED) is 0.592. The zero-order chi connectivity index (χ0) is 21.7. The second kappa shape index (κ2) is 9.00. The molecule has 0 heterocycles. The molecular weight excluding hydrogens is 400 g/mol. The van der Waals surface area contributed by atoms with Crippen LogP contribution in [0.5, 0.6) is 5.75 Å². The van der Waals surface area contributed by atoms with Crippen LogP contribution in [-0.4, -0.2) is 27.5 Å². The van der Waals surface area contributed by atoms with Gasteiger partial charge in [0.2, 0.25) is 0 Å². The summed E-state index contributed by atoms with van der Waals surface area (Å²) in [5.74, 6) is -0.0969. The third kappa shape index (κ3) is 4.80. The number of carbonyl (C=O) groups is 1. The smallest absolute Gasteiger partial charge is 0.261 e. The van der Waals surface area contributed by atoms with E-state index in [1.807, 2.05) is 56.3 Å². The molecule has 3 aromatic carbocycles. The van der Waals surface area contributed by atoms with Gasteiger partial charge in [0.15, 0.2) is 0 Å². The van der Waals surface area contributed by atoms with Crippen molar-refractivity contribution in [2.45, 2.75) is 24.8 Å². The molecule has 6 nitrogen and oxygen atoms in total. The number of rotatable bonds is 7. The lowest BCUT2D eigenvalue weighted by molar-refractivity contribution is 0.0940. The van der Waals surface area contributed by atoms with E-state index in [-0.39, 0.29) is 16.5 Å². The normalized spacial score (nSPS) is 11.2. The molecule has 0 aliphatic rings. The van der Waals surface area contributed by atoms with Gasteiger partial charge in [-0.3, -0.25) is 9.52 Å². The lowest BCUT2D eigenvalue weighted by Gasteiger charge is -2.15. The predicted molar refractivity (Wildman–Crippen MR) is 118 cm³/mol. The molecule has 0 radical (unpaired) electrons. The van der Waals surface area contributed by atoms with E-state index in [0.717, 1.165) is 11.1 Å². The summed E-state index contributed by atoms with van der Waals surface area (Å²) in [6.07, 6.45) is 0. The maximum absolute atomic E-state index is 13.1. The first-order chi connectivity index (χ1) is 14.3. The molecule has 0 aromatic heterocycles. The number of benzene rings is 3. The second-order valence-corrected chi connectivity index (χ2v) is 8.69. The number of anilines is 1. The van der Waals surface area contributed by atoms with E-state index >= 15 is 0 Å². The lowest BCUT2D eigenvalue weighted by Crippen LogP contribution is -2.30. The van der Waals surface area contributed by atoms with E-state index in [4.69, 9.17) is 4.74 Å². The number of ether oxygens (including phenoxy) is 1. The molecule has 0 saturated heterocycles. The van der Waals surface area contributed by atoms with E-state index in [0.29, 0.717) is 11.4 Å². The Balaban J connectivity index is 1.99. The minimum atomic E-state index is -3.94. The SMILES string of the molecule is COc1ccc(S(=O)(=O)Nc2ccccc2-c2ccccc2)cc1C(=O)NC(C)C. The maximum Gasteiger partial charge on any atom is 0.261 e. The molecule has 0 aliphatic carbocycles. The number of hydrogen-bond donors (Lipinski definition) is 2. The molecule has 156 valence electrons. The van der Waals surface area contributed by atoms with Gasteiger partial charge >= 0.3 is 0 Å². The number of sulfonamides is 1. The fourth-order valence-corrected chi connectivity index (χ4v) is 4.12. The number of para-hydroxylation sites is 1. The van der Waals surface area contributed by atoms with Crippen LogP contribution in [0.4, 0.5) is 5.69 Å². The molecule has 3 rings (SSSR count). The van der Waals surface area contributed by atoms with Crippen molar-refractivity contribution in [2.75, 3.05) is 11.8 Å². The average Bonchev–Trinajstić information content (AvgIpc) is 2.73. The Morgan fingerprint density at radius 1 is 0.933 bits per heavy atom. The topological polar surface area (TPSA) is 84.5 Å². The summed E-state index contributed by atoms with van der Waals surface area (Å²) in [5, 5.41) is 2.76. The van der Waals surface area contributed by atoms with Crippen molar-refractivity contribution in [1.29, 1.82) is 0 Å². The Bertz CT molecular complexity index is 1140. The second-order valence-electron chi connectivity index (χ2n) is 7.01. The first-order valence-corrected chi connectivity index (χ1v) is 11.0. The summed E-state index contributed by atoms with van der Waals surface area (Å²) in [7, 11) is -2.50. The van der Waals surface area contributed by atoms with Gasteiger partial charge in [-0.1, -0.05) is 48.5 Å². The largest absolute Gasteiger partial charge is 0.496 e. The Labute approximate surface area is 177 Å². The van der Waals surface area contributed by atoms with E-state index < -0.39 is 15.9 Å². The molecule has 0 atom stereocenters. The summed E-state index contributed by atoms with van der Waals surface area (Å²) in [6.45, 7) is 3.65. The highest BCUT2D eigenvalue weighted by Crippen LogP contribution is 2.30. The number of carbonyl (C=O) groups excluding carboxylic acids is 1. The molecule has 2 N–H and O–H groups in total. The molecule has 1 amide bonds. The minimum Gasteiger partial charge on any atom is -0.496 e. The van der Waals surface area contributed by atoms with Gasteiger partial charge in [0.25, 0.3) is 15.9 Å². The highest BCUT2D eigenvalue weighted by molar-refractivity contribution is 7.92. The van der Waals surface area contributed by atoms with Crippen LogP contribution in [0, 0.1) is 0 Å². The number of amides is 1. The van der Waals surface area contributed by atoms with Crippen molar-refractivity contribution in [2.24, 2.45) is 0 Å². The van der Waals surface area contributed by atoms with Gasteiger partial charge in [0, 0.05) is 11.6 Å². The Morgan fingerprint density at radius 3 is 2.27 bits per heavy atom. The minimum absolute atomic E-state index is 0.0277. The fourth-order valence-electron chi connectivity index (χ4n) is 3.02. The summed E-state index contributed by atoms with van der Waals surface area (Å²) >= 11 is 0. The van der Waals surface area contributed by atoms with Crippen molar-refractivity contribution in [3.8, 4) is 16.9 Å². The third-order valence-corrected chi connectivity index (χ3v) is 5.76. The lowest BCUT2D eigenvalue weighted by atomic mass is 10.0. The van der Waals surface area contributed by atoms with Crippen molar-refractivity contribution >= 4 is 21.6 Å². The molecule has 3 aromatic rings. The molecular formula is C23H24N2O4S. The summed E-state index contributed by atoms with van der Waals surface area (Å²) in [5.41, 5.74) is 2.26. The highest BCUT2D eigenvalue weighted by atomic mass is 32.2. The van der Waals surface area contributed by atoms with Gasteiger partial charge in [-0.05, 0) is 43.7 Å². The van der Waals surface area contributed by atoms with Crippen LogP contribution in [0.15, 0.2) is 77.7 Å². The van der Waals surface area contributed by atoms with Crippen LogP contribution in [0.3, 0.4) is 0 Å². The van der Waals surface area contributed by atoms with Crippen LogP contribution >= 0.6 is 0 Å². The predicted octanol–water partition coefficient (Wildman–Crippen LogP) is 4.30. The van der Waals surface area contributed by atoms with E-state index in [1.54, 1.807) is 12.1 Å². The third-order valence-electron chi connectivity index (χ3n) is 4.40. The van der Waals surface area contributed by atoms with Crippen LogP contribution in [0.25, 0.3) is 11.1 Å². The Morgan fingerprint density at radius 2 is 1.60 bits per heavy atom. The van der Waals surface area contributed by atoms with Gasteiger partial charge < -0.3 is 10.1 Å². The standard InChI is InChI=1S/C23H24N2O4S/c1-16(2)24-23(26)20-15-18(13-14-22(20)29-3)30(27,28)25-21-12-8-7-11-19(21)17-9-5-4-6-10-17/h4-16,25H,1-3H3,(H,24,26). The molecule has 0 bridgehead atoms.